The standard InChI is InChI=1S/C20H22O/c1-16-8-12-19(13-9-16)17(2)10-14-20(21)15-11-18-6-4-3-5-7-18/h3-9,11-13,15,17H,10,14H2,1-2H3. The first-order chi connectivity index (χ1) is 10.1. The lowest BCUT2D eigenvalue weighted by Crippen LogP contribution is -1.99. The number of allylic oxidation sites excluding steroid dienone is 1. The Morgan fingerprint density at radius 2 is 1.71 bits per heavy atom. The van der Waals surface area contributed by atoms with Crippen LogP contribution in [0.15, 0.2) is 60.7 Å². The maximum atomic E-state index is 11.9. The normalized spacial score (nSPS) is 12.5. The molecule has 0 aliphatic heterocycles. The summed E-state index contributed by atoms with van der Waals surface area (Å²) in [6.07, 6.45) is 5.06. The van der Waals surface area contributed by atoms with Crippen LogP contribution in [0.1, 0.15) is 42.4 Å². The number of carbonyl (C=O) groups excluding carboxylic acids is 1. The van der Waals surface area contributed by atoms with E-state index in [1.807, 2.05) is 36.4 Å². The highest BCUT2D eigenvalue weighted by Gasteiger charge is 2.07. The van der Waals surface area contributed by atoms with Gasteiger partial charge in [-0.2, -0.15) is 0 Å². The predicted octanol–water partition coefficient (Wildman–Crippen LogP) is 5.16. The van der Waals surface area contributed by atoms with Gasteiger partial charge in [-0.05, 0) is 36.5 Å². The second-order valence-corrected chi connectivity index (χ2v) is 5.56. The van der Waals surface area contributed by atoms with Gasteiger partial charge in [0.05, 0.1) is 0 Å². The predicted molar refractivity (Wildman–Crippen MR) is 89.3 cm³/mol. The van der Waals surface area contributed by atoms with Gasteiger partial charge < -0.3 is 0 Å². The van der Waals surface area contributed by atoms with Crippen LogP contribution in [0.2, 0.25) is 0 Å². The van der Waals surface area contributed by atoms with Crippen molar-refractivity contribution in [2.75, 3.05) is 0 Å². The summed E-state index contributed by atoms with van der Waals surface area (Å²) in [5.41, 5.74) is 3.64. The molecule has 0 aliphatic rings. The van der Waals surface area contributed by atoms with E-state index < -0.39 is 0 Å². The van der Waals surface area contributed by atoms with Crippen molar-refractivity contribution in [3.05, 3.63) is 77.4 Å². The number of aryl methyl sites for hydroxylation is 1. The zero-order chi connectivity index (χ0) is 15.1. The van der Waals surface area contributed by atoms with Crippen LogP contribution in [-0.4, -0.2) is 5.78 Å². The fraction of sp³-hybridized carbons (Fsp3) is 0.250. The third-order valence-electron chi connectivity index (χ3n) is 3.73. The van der Waals surface area contributed by atoms with Gasteiger partial charge in [0.15, 0.2) is 5.78 Å². The minimum atomic E-state index is 0.192. The van der Waals surface area contributed by atoms with Crippen LogP contribution in [0.3, 0.4) is 0 Å². The molecular weight excluding hydrogens is 256 g/mol. The van der Waals surface area contributed by atoms with Crippen molar-refractivity contribution in [1.82, 2.24) is 0 Å². The summed E-state index contributed by atoms with van der Waals surface area (Å²) in [5, 5.41) is 0. The van der Waals surface area contributed by atoms with Crippen LogP contribution in [0, 0.1) is 6.92 Å². The molecule has 21 heavy (non-hydrogen) atoms. The molecule has 0 aliphatic carbocycles. The van der Waals surface area contributed by atoms with Crippen molar-refractivity contribution in [2.45, 2.75) is 32.6 Å². The largest absolute Gasteiger partial charge is 0.295 e. The monoisotopic (exact) mass is 278 g/mol. The molecule has 0 heterocycles. The van der Waals surface area contributed by atoms with E-state index in [1.165, 1.54) is 11.1 Å². The Morgan fingerprint density at radius 3 is 2.38 bits per heavy atom. The zero-order valence-electron chi connectivity index (χ0n) is 12.8. The third kappa shape index (κ3) is 5.03. The molecular formula is C20H22O. The molecule has 0 spiro atoms. The molecule has 0 radical (unpaired) electrons. The van der Waals surface area contributed by atoms with Gasteiger partial charge in [-0.15, -0.1) is 0 Å². The smallest absolute Gasteiger partial charge is 0.155 e. The summed E-state index contributed by atoms with van der Waals surface area (Å²) < 4.78 is 0. The van der Waals surface area contributed by atoms with Crippen molar-refractivity contribution in [3.8, 4) is 0 Å². The highest BCUT2D eigenvalue weighted by molar-refractivity contribution is 5.93. The molecule has 0 amide bonds. The number of benzene rings is 2. The first-order valence-electron chi connectivity index (χ1n) is 7.47. The minimum Gasteiger partial charge on any atom is -0.295 e. The number of rotatable bonds is 6. The Bertz CT molecular complexity index is 593. The molecule has 2 aromatic rings. The van der Waals surface area contributed by atoms with Gasteiger partial charge in [-0.25, -0.2) is 0 Å². The van der Waals surface area contributed by atoms with E-state index in [-0.39, 0.29) is 5.78 Å². The molecule has 1 atom stereocenters. The molecule has 2 rings (SSSR count). The number of hydrogen-bond donors (Lipinski definition) is 0. The fourth-order valence-electron chi connectivity index (χ4n) is 2.26. The highest BCUT2D eigenvalue weighted by Crippen LogP contribution is 2.21. The molecule has 0 saturated heterocycles. The topological polar surface area (TPSA) is 17.1 Å². The molecule has 1 unspecified atom stereocenters. The van der Waals surface area contributed by atoms with Gasteiger partial charge in [0, 0.05) is 6.42 Å². The van der Waals surface area contributed by atoms with Crippen LogP contribution < -0.4 is 0 Å². The maximum Gasteiger partial charge on any atom is 0.155 e. The Hall–Kier alpha value is -2.15. The Balaban J connectivity index is 1.83. The van der Waals surface area contributed by atoms with Crippen molar-refractivity contribution in [1.29, 1.82) is 0 Å². The van der Waals surface area contributed by atoms with Crippen LogP contribution in [0.4, 0.5) is 0 Å². The second-order valence-electron chi connectivity index (χ2n) is 5.56. The maximum absolute atomic E-state index is 11.9. The lowest BCUT2D eigenvalue weighted by atomic mass is 9.94. The van der Waals surface area contributed by atoms with Crippen LogP contribution in [0.25, 0.3) is 6.08 Å². The molecule has 0 fully saturated rings. The van der Waals surface area contributed by atoms with Gasteiger partial charge in [0.1, 0.15) is 0 Å². The van der Waals surface area contributed by atoms with Crippen molar-refractivity contribution < 1.29 is 4.79 Å². The number of carbonyl (C=O) groups is 1. The lowest BCUT2D eigenvalue weighted by Gasteiger charge is -2.10. The summed E-state index contributed by atoms with van der Waals surface area (Å²) in [4.78, 5) is 11.9. The first kappa shape index (κ1) is 15.2. The van der Waals surface area contributed by atoms with E-state index in [0.717, 1.165) is 12.0 Å². The molecule has 0 bridgehead atoms. The van der Waals surface area contributed by atoms with Crippen LogP contribution in [-0.2, 0) is 4.79 Å². The SMILES string of the molecule is Cc1ccc(C(C)CCC(=O)C=Cc2ccccc2)cc1. The van der Waals surface area contributed by atoms with E-state index in [0.29, 0.717) is 12.3 Å². The van der Waals surface area contributed by atoms with E-state index >= 15 is 0 Å². The summed E-state index contributed by atoms with van der Waals surface area (Å²) >= 11 is 0. The number of ketones is 1. The molecule has 0 saturated carbocycles. The molecule has 0 aromatic heterocycles. The van der Waals surface area contributed by atoms with E-state index in [1.54, 1.807) is 6.08 Å². The first-order valence-corrected chi connectivity index (χ1v) is 7.47. The molecule has 1 heteroatoms. The quantitative estimate of drug-likeness (QED) is 0.667. The molecule has 0 N–H and O–H groups in total. The van der Waals surface area contributed by atoms with Crippen molar-refractivity contribution in [3.63, 3.8) is 0 Å². The summed E-state index contributed by atoms with van der Waals surface area (Å²) in [6, 6.07) is 18.5. The van der Waals surface area contributed by atoms with Crippen LogP contribution >= 0.6 is 0 Å². The average Bonchev–Trinajstić information content (AvgIpc) is 2.52. The van der Waals surface area contributed by atoms with Crippen LogP contribution in [0.5, 0.6) is 0 Å². The molecule has 108 valence electrons. The zero-order valence-corrected chi connectivity index (χ0v) is 12.8. The Labute approximate surface area is 127 Å². The van der Waals surface area contributed by atoms with E-state index in [2.05, 4.69) is 38.1 Å². The van der Waals surface area contributed by atoms with Crippen molar-refractivity contribution >= 4 is 11.9 Å². The van der Waals surface area contributed by atoms with Gasteiger partial charge in [0.2, 0.25) is 0 Å². The molecule has 2 aromatic carbocycles. The van der Waals surface area contributed by atoms with Gasteiger partial charge in [0.25, 0.3) is 0 Å². The van der Waals surface area contributed by atoms with Crippen molar-refractivity contribution in [2.24, 2.45) is 0 Å². The van der Waals surface area contributed by atoms with E-state index in [9.17, 15) is 4.79 Å². The second kappa shape index (κ2) is 7.58. The molecule has 1 nitrogen and oxygen atoms in total. The van der Waals surface area contributed by atoms with Gasteiger partial charge in [-0.1, -0.05) is 73.2 Å². The third-order valence-corrected chi connectivity index (χ3v) is 3.73. The lowest BCUT2D eigenvalue weighted by molar-refractivity contribution is -0.114. The Morgan fingerprint density at radius 1 is 1.05 bits per heavy atom. The summed E-state index contributed by atoms with van der Waals surface area (Å²) in [7, 11) is 0. The summed E-state index contributed by atoms with van der Waals surface area (Å²) in [5.74, 6) is 0.609. The van der Waals surface area contributed by atoms with E-state index in [4.69, 9.17) is 0 Å². The average molecular weight is 278 g/mol. The van der Waals surface area contributed by atoms with Gasteiger partial charge in [-0.3, -0.25) is 4.79 Å². The summed E-state index contributed by atoms with van der Waals surface area (Å²) in [6.45, 7) is 4.27. The highest BCUT2D eigenvalue weighted by atomic mass is 16.1. The Kier molecular flexibility index (Phi) is 5.51. The van der Waals surface area contributed by atoms with Gasteiger partial charge >= 0.3 is 0 Å². The fourth-order valence-corrected chi connectivity index (χ4v) is 2.26. The minimum absolute atomic E-state index is 0.192. The number of hydrogen-bond acceptors (Lipinski definition) is 1.